The number of hydrogen-bond acceptors (Lipinski definition) is 3. The third kappa shape index (κ3) is 3.78. The Labute approximate surface area is 127 Å². The van der Waals surface area contributed by atoms with Gasteiger partial charge in [-0.3, -0.25) is 4.90 Å². The van der Waals surface area contributed by atoms with E-state index in [4.69, 9.17) is 0 Å². The highest BCUT2D eigenvalue weighted by molar-refractivity contribution is 8.00. The van der Waals surface area contributed by atoms with Crippen LogP contribution >= 0.6 is 11.8 Å². The predicted octanol–water partition coefficient (Wildman–Crippen LogP) is 3.31. The quantitative estimate of drug-likeness (QED) is 0.895. The second kappa shape index (κ2) is 6.08. The lowest BCUT2D eigenvalue weighted by Crippen LogP contribution is -2.47. The van der Waals surface area contributed by atoms with Gasteiger partial charge in [-0.1, -0.05) is 30.3 Å². The largest absolute Gasteiger partial charge is 0.312 e. The van der Waals surface area contributed by atoms with Crippen LogP contribution in [0.4, 0.5) is 0 Å². The van der Waals surface area contributed by atoms with E-state index in [1.807, 2.05) is 0 Å². The summed E-state index contributed by atoms with van der Waals surface area (Å²) in [5.74, 6) is 1.25. The van der Waals surface area contributed by atoms with Gasteiger partial charge in [0.2, 0.25) is 0 Å². The summed E-state index contributed by atoms with van der Waals surface area (Å²) in [7, 11) is 0. The number of benzene rings is 1. The third-order valence-electron chi connectivity index (χ3n) is 4.26. The second-order valence-corrected chi connectivity index (χ2v) is 8.49. The molecule has 1 saturated heterocycles. The van der Waals surface area contributed by atoms with E-state index in [9.17, 15) is 0 Å². The number of nitrogens with one attached hydrogen (secondary N) is 1. The molecule has 1 aliphatic carbocycles. The zero-order valence-corrected chi connectivity index (χ0v) is 13.5. The van der Waals surface area contributed by atoms with Crippen LogP contribution in [-0.2, 0) is 0 Å². The van der Waals surface area contributed by atoms with Crippen molar-refractivity contribution in [2.75, 3.05) is 25.4 Å². The van der Waals surface area contributed by atoms with Gasteiger partial charge in [0.1, 0.15) is 0 Å². The Morgan fingerprint density at radius 3 is 2.70 bits per heavy atom. The van der Waals surface area contributed by atoms with Crippen molar-refractivity contribution >= 4 is 11.8 Å². The molecule has 0 aromatic heterocycles. The molecule has 1 aromatic carbocycles. The maximum absolute atomic E-state index is 3.73. The lowest BCUT2D eigenvalue weighted by molar-refractivity contribution is 0.183. The fourth-order valence-corrected chi connectivity index (χ4v) is 4.15. The first-order valence-corrected chi connectivity index (χ1v) is 8.79. The molecule has 0 spiro atoms. The molecule has 1 aliphatic heterocycles. The Morgan fingerprint density at radius 2 is 2.05 bits per heavy atom. The summed E-state index contributed by atoms with van der Waals surface area (Å²) in [6, 6.07) is 12.3. The van der Waals surface area contributed by atoms with Crippen molar-refractivity contribution in [3.63, 3.8) is 0 Å². The Bertz CT molecular complexity index is 428. The number of rotatable bonds is 5. The molecule has 2 aliphatic rings. The van der Waals surface area contributed by atoms with Gasteiger partial charge in [0.05, 0.1) is 0 Å². The molecule has 1 atom stereocenters. The van der Waals surface area contributed by atoms with Crippen molar-refractivity contribution in [1.82, 2.24) is 10.2 Å². The molecular formula is C17H26N2S. The molecule has 3 heteroatoms. The van der Waals surface area contributed by atoms with Gasteiger partial charge >= 0.3 is 0 Å². The highest BCUT2D eigenvalue weighted by Gasteiger charge is 2.32. The molecule has 1 N–H and O–H groups in total. The van der Waals surface area contributed by atoms with Crippen LogP contribution in [0.25, 0.3) is 0 Å². The van der Waals surface area contributed by atoms with Crippen molar-refractivity contribution in [2.45, 2.75) is 43.5 Å². The number of hydrogen-bond donors (Lipinski definition) is 1. The van der Waals surface area contributed by atoms with Gasteiger partial charge in [0.15, 0.2) is 0 Å². The molecule has 0 amide bonds. The molecule has 1 unspecified atom stereocenters. The second-order valence-electron chi connectivity index (χ2n) is 6.69. The summed E-state index contributed by atoms with van der Waals surface area (Å²) in [6.07, 6.45) is 2.73. The van der Waals surface area contributed by atoms with Crippen molar-refractivity contribution < 1.29 is 0 Å². The monoisotopic (exact) mass is 290 g/mol. The SMILES string of the molecule is CC1(C)CN(C(CNC2CC2)c2ccccc2)CCS1. The molecule has 0 bridgehead atoms. The Morgan fingerprint density at radius 1 is 1.30 bits per heavy atom. The van der Waals surface area contributed by atoms with E-state index < -0.39 is 0 Å². The summed E-state index contributed by atoms with van der Waals surface area (Å²) in [6.45, 7) is 8.24. The molecule has 2 fully saturated rings. The summed E-state index contributed by atoms with van der Waals surface area (Å²) >= 11 is 2.11. The first-order chi connectivity index (χ1) is 9.64. The van der Waals surface area contributed by atoms with Crippen LogP contribution in [-0.4, -0.2) is 41.1 Å². The van der Waals surface area contributed by atoms with Gasteiger partial charge < -0.3 is 5.32 Å². The van der Waals surface area contributed by atoms with E-state index in [2.05, 4.69) is 66.2 Å². The topological polar surface area (TPSA) is 15.3 Å². The first-order valence-electron chi connectivity index (χ1n) is 7.80. The lowest BCUT2D eigenvalue weighted by Gasteiger charge is -2.42. The van der Waals surface area contributed by atoms with Gasteiger partial charge in [-0.15, -0.1) is 0 Å². The molecule has 20 heavy (non-hydrogen) atoms. The minimum absolute atomic E-state index is 0.380. The van der Waals surface area contributed by atoms with E-state index in [0.717, 1.165) is 12.6 Å². The fraction of sp³-hybridized carbons (Fsp3) is 0.647. The zero-order valence-electron chi connectivity index (χ0n) is 12.6. The van der Waals surface area contributed by atoms with Crippen LogP contribution in [0.3, 0.4) is 0 Å². The van der Waals surface area contributed by atoms with Crippen LogP contribution in [0.1, 0.15) is 38.3 Å². The average Bonchev–Trinajstić information content (AvgIpc) is 3.23. The maximum atomic E-state index is 3.73. The van der Waals surface area contributed by atoms with E-state index >= 15 is 0 Å². The third-order valence-corrected chi connectivity index (χ3v) is 5.55. The highest BCUT2D eigenvalue weighted by atomic mass is 32.2. The van der Waals surface area contributed by atoms with E-state index in [1.165, 1.54) is 37.2 Å². The van der Waals surface area contributed by atoms with Gasteiger partial charge in [0.25, 0.3) is 0 Å². The normalized spacial score (nSPS) is 24.5. The lowest BCUT2D eigenvalue weighted by atomic mass is 10.0. The van der Waals surface area contributed by atoms with Crippen molar-refractivity contribution in [3.8, 4) is 0 Å². The van der Waals surface area contributed by atoms with E-state index in [0.29, 0.717) is 10.8 Å². The van der Waals surface area contributed by atoms with Crippen molar-refractivity contribution in [1.29, 1.82) is 0 Å². The molecular weight excluding hydrogens is 264 g/mol. The Balaban J connectivity index is 1.73. The van der Waals surface area contributed by atoms with Crippen LogP contribution in [0.5, 0.6) is 0 Å². The molecule has 1 heterocycles. The fourth-order valence-electron chi connectivity index (χ4n) is 3.02. The number of nitrogens with zero attached hydrogens (tertiary/aromatic N) is 1. The van der Waals surface area contributed by atoms with Crippen LogP contribution in [0.2, 0.25) is 0 Å². The Hall–Kier alpha value is -0.510. The van der Waals surface area contributed by atoms with Gasteiger partial charge in [-0.2, -0.15) is 11.8 Å². The first kappa shape index (κ1) is 14.4. The van der Waals surface area contributed by atoms with Crippen molar-refractivity contribution in [2.24, 2.45) is 0 Å². The zero-order chi connectivity index (χ0) is 14.0. The van der Waals surface area contributed by atoms with Gasteiger partial charge in [-0.05, 0) is 32.3 Å². The van der Waals surface area contributed by atoms with E-state index in [-0.39, 0.29) is 0 Å². The molecule has 110 valence electrons. The molecule has 0 radical (unpaired) electrons. The van der Waals surface area contributed by atoms with Gasteiger partial charge in [-0.25, -0.2) is 0 Å². The number of thioether (sulfide) groups is 1. The minimum atomic E-state index is 0.380. The summed E-state index contributed by atoms with van der Waals surface area (Å²) < 4.78 is 0.380. The molecule has 3 rings (SSSR count). The summed E-state index contributed by atoms with van der Waals surface area (Å²) in [5, 5.41) is 3.73. The summed E-state index contributed by atoms with van der Waals surface area (Å²) in [4.78, 5) is 2.68. The standard InChI is InChI=1S/C17H26N2S/c1-17(2)13-19(10-11-20-17)16(12-18-15-8-9-15)14-6-4-3-5-7-14/h3-7,15-16,18H,8-13H2,1-2H3. The molecule has 2 nitrogen and oxygen atoms in total. The Kier molecular flexibility index (Phi) is 4.39. The molecule has 1 saturated carbocycles. The van der Waals surface area contributed by atoms with Crippen LogP contribution in [0.15, 0.2) is 30.3 Å². The summed E-state index contributed by atoms with van der Waals surface area (Å²) in [5.41, 5.74) is 1.46. The van der Waals surface area contributed by atoms with Crippen LogP contribution < -0.4 is 5.32 Å². The van der Waals surface area contributed by atoms with Crippen LogP contribution in [0, 0.1) is 0 Å². The van der Waals surface area contributed by atoms with E-state index in [1.54, 1.807) is 0 Å². The minimum Gasteiger partial charge on any atom is -0.312 e. The van der Waals surface area contributed by atoms with Gasteiger partial charge in [0, 0.05) is 42.2 Å². The van der Waals surface area contributed by atoms with Crippen molar-refractivity contribution in [3.05, 3.63) is 35.9 Å². The highest BCUT2D eigenvalue weighted by Crippen LogP contribution is 2.34. The smallest absolute Gasteiger partial charge is 0.0473 e. The predicted molar refractivity (Wildman–Crippen MR) is 88.3 cm³/mol. The maximum Gasteiger partial charge on any atom is 0.0473 e. The average molecular weight is 290 g/mol. The molecule has 1 aromatic rings.